The van der Waals surface area contributed by atoms with E-state index in [0.717, 1.165) is 6.42 Å². The SMILES string of the molecule is CCCCCCCCCCCCC=CCC(N)=NCCC(C)[C@H](N)C(=O)O. The van der Waals surface area contributed by atoms with Gasteiger partial charge in [-0.2, -0.15) is 0 Å². The van der Waals surface area contributed by atoms with E-state index < -0.39 is 12.0 Å². The zero-order valence-electron chi connectivity index (χ0n) is 17.7. The predicted molar refractivity (Wildman–Crippen MR) is 116 cm³/mol. The first-order chi connectivity index (χ1) is 13.0. The molecule has 5 heteroatoms. The van der Waals surface area contributed by atoms with Gasteiger partial charge < -0.3 is 16.6 Å². The van der Waals surface area contributed by atoms with E-state index in [2.05, 4.69) is 24.1 Å². The maximum absolute atomic E-state index is 10.8. The molecule has 0 aromatic carbocycles. The minimum absolute atomic E-state index is 0.106. The number of rotatable bonds is 18. The maximum atomic E-state index is 10.8. The highest BCUT2D eigenvalue weighted by molar-refractivity contribution is 5.81. The highest BCUT2D eigenvalue weighted by Gasteiger charge is 2.19. The van der Waals surface area contributed by atoms with Crippen LogP contribution >= 0.6 is 0 Å². The largest absolute Gasteiger partial charge is 0.480 e. The number of hydrogen-bond acceptors (Lipinski definition) is 3. The molecule has 0 aliphatic heterocycles. The number of amidine groups is 1. The quantitative estimate of drug-likeness (QED) is 0.134. The van der Waals surface area contributed by atoms with Crippen LogP contribution in [0.2, 0.25) is 0 Å². The molecule has 5 nitrogen and oxygen atoms in total. The molecular formula is C22H43N3O2. The molecule has 0 aromatic heterocycles. The van der Waals surface area contributed by atoms with Crippen molar-refractivity contribution in [3.05, 3.63) is 12.2 Å². The molecule has 158 valence electrons. The lowest BCUT2D eigenvalue weighted by molar-refractivity contribution is -0.139. The van der Waals surface area contributed by atoms with Crippen molar-refractivity contribution in [3.8, 4) is 0 Å². The van der Waals surface area contributed by atoms with Crippen molar-refractivity contribution in [3.63, 3.8) is 0 Å². The van der Waals surface area contributed by atoms with E-state index in [9.17, 15) is 4.79 Å². The van der Waals surface area contributed by atoms with Gasteiger partial charge in [-0.25, -0.2) is 0 Å². The summed E-state index contributed by atoms with van der Waals surface area (Å²) in [5.74, 6) is -0.467. The second kappa shape index (κ2) is 18.0. The summed E-state index contributed by atoms with van der Waals surface area (Å²) >= 11 is 0. The van der Waals surface area contributed by atoms with Gasteiger partial charge in [0.2, 0.25) is 0 Å². The minimum Gasteiger partial charge on any atom is -0.480 e. The van der Waals surface area contributed by atoms with Crippen molar-refractivity contribution < 1.29 is 9.90 Å². The summed E-state index contributed by atoms with van der Waals surface area (Å²) in [6, 6.07) is -0.831. The van der Waals surface area contributed by atoms with Gasteiger partial charge in [-0.15, -0.1) is 0 Å². The molecule has 0 bridgehead atoms. The Morgan fingerprint density at radius 3 is 2.11 bits per heavy atom. The lowest BCUT2D eigenvalue weighted by Crippen LogP contribution is -2.36. The third-order valence-electron chi connectivity index (χ3n) is 5.02. The molecule has 0 fully saturated rings. The first-order valence-corrected chi connectivity index (χ1v) is 10.9. The first-order valence-electron chi connectivity index (χ1n) is 10.9. The summed E-state index contributed by atoms with van der Waals surface area (Å²) in [4.78, 5) is 15.1. The van der Waals surface area contributed by atoms with Crippen LogP contribution in [0, 0.1) is 5.92 Å². The molecule has 0 spiro atoms. The molecule has 0 heterocycles. The molecule has 0 rings (SSSR count). The number of nitrogens with zero attached hydrogens (tertiary/aromatic N) is 1. The summed E-state index contributed by atoms with van der Waals surface area (Å²) in [5, 5.41) is 8.85. The predicted octanol–water partition coefficient (Wildman–Crippen LogP) is 5.04. The van der Waals surface area contributed by atoms with Gasteiger partial charge in [0.15, 0.2) is 0 Å². The number of unbranched alkanes of at least 4 members (excludes halogenated alkanes) is 10. The number of hydrogen-bond donors (Lipinski definition) is 3. The molecule has 0 saturated heterocycles. The van der Waals surface area contributed by atoms with E-state index in [1.807, 2.05) is 6.92 Å². The topological polar surface area (TPSA) is 102 Å². The Labute approximate surface area is 166 Å². The molecule has 27 heavy (non-hydrogen) atoms. The highest BCUT2D eigenvalue weighted by atomic mass is 16.4. The number of aliphatic carboxylic acids is 1. The smallest absolute Gasteiger partial charge is 0.320 e. The third-order valence-corrected chi connectivity index (χ3v) is 5.02. The van der Waals surface area contributed by atoms with E-state index in [0.29, 0.717) is 25.2 Å². The molecule has 0 aliphatic rings. The average Bonchev–Trinajstić information content (AvgIpc) is 2.64. The molecule has 5 N–H and O–H groups in total. The Morgan fingerprint density at radius 2 is 1.56 bits per heavy atom. The lowest BCUT2D eigenvalue weighted by Gasteiger charge is -2.14. The number of carboxylic acid groups (broad SMARTS) is 1. The molecular weight excluding hydrogens is 338 g/mol. The molecule has 0 saturated carbocycles. The van der Waals surface area contributed by atoms with E-state index in [4.69, 9.17) is 16.6 Å². The van der Waals surface area contributed by atoms with Gasteiger partial charge in [0.1, 0.15) is 6.04 Å². The monoisotopic (exact) mass is 381 g/mol. The van der Waals surface area contributed by atoms with Crippen LogP contribution in [0.15, 0.2) is 17.1 Å². The Morgan fingerprint density at radius 1 is 1.00 bits per heavy atom. The normalized spacial score (nSPS) is 14.6. The second-order valence-electron chi connectivity index (χ2n) is 7.65. The van der Waals surface area contributed by atoms with E-state index in [1.165, 1.54) is 64.2 Å². The van der Waals surface area contributed by atoms with Crippen molar-refractivity contribution >= 4 is 11.8 Å². The van der Waals surface area contributed by atoms with Crippen LogP contribution < -0.4 is 11.5 Å². The van der Waals surface area contributed by atoms with Crippen LogP contribution in [-0.2, 0) is 4.79 Å². The summed E-state index contributed by atoms with van der Waals surface area (Å²) < 4.78 is 0. The summed E-state index contributed by atoms with van der Waals surface area (Å²) in [5.41, 5.74) is 11.5. The first kappa shape index (κ1) is 25.6. The van der Waals surface area contributed by atoms with Gasteiger partial charge in [0, 0.05) is 13.0 Å². The van der Waals surface area contributed by atoms with Crippen LogP contribution in [-0.4, -0.2) is 29.5 Å². The summed E-state index contributed by atoms with van der Waals surface area (Å²) in [7, 11) is 0. The number of carboxylic acids is 1. The van der Waals surface area contributed by atoms with Gasteiger partial charge in [-0.3, -0.25) is 9.79 Å². The van der Waals surface area contributed by atoms with E-state index >= 15 is 0 Å². The van der Waals surface area contributed by atoms with Gasteiger partial charge in [-0.1, -0.05) is 83.8 Å². The van der Waals surface area contributed by atoms with Crippen molar-refractivity contribution in [2.24, 2.45) is 22.4 Å². The molecule has 0 amide bonds. The van der Waals surface area contributed by atoms with Crippen molar-refractivity contribution in [2.75, 3.05) is 6.54 Å². The van der Waals surface area contributed by atoms with Crippen LogP contribution in [0.5, 0.6) is 0 Å². The fourth-order valence-corrected chi connectivity index (χ4v) is 2.97. The van der Waals surface area contributed by atoms with E-state index in [1.54, 1.807) is 0 Å². The Hall–Kier alpha value is -1.36. The number of carbonyl (C=O) groups is 1. The van der Waals surface area contributed by atoms with Crippen molar-refractivity contribution in [2.45, 2.75) is 103 Å². The Kier molecular flexibility index (Phi) is 17.1. The van der Waals surface area contributed by atoms with Gasteiger partial charge in [-0.05, 0) is 25.2 Å². The molecule has 0 radical (unpaired) electrons. The van der Waals surface area contributed by atoms with E-state index in [-0.39, 0.29) is 5.92 Å². The molecule has 2 atom stereocenters. The molecule has 0 aliphatic carbocycles. The second-order valence-corrected chi connectivity index (χ2v) is 7.65. The third kappa shape index (κ3) is 16.5. The van der Waals surface area contributed by atoms with Crippen molar-refractivity contribution in [1.29, 1.82) is 0 Å². The fraction of sp³-hybridized carbons (Fsp3) is 0.818. The minimum atomic E-state index is -0.964. The number of allylic oxidation sites excluding steroid dienone is 1. The van der Waals surface area contributed by atoms with Crippen LogP contribution in [0.3, 0.4) is 0 Å². The highest BCUT2D eigenvalue weighted by Crippen LogP contribution is 2.11. The van der Waals surface area contributed by atoms with Crippen LogP contribution in [0.4, 0.5) is 0 Å². The maximum Gasteiger partial charge on any atom is 0.320 e. The molecule has 0 aromatic rings. The standard InChI is InChI=1S/C22H43N3O2/c1-3-4-5-6-7-8-9-10-11-12-13-14-15-16-20(23)25-18-17-19(2)21(24)22(26)27/h14-15,19,21H,3-13,16-18,24H2,1-2H3,(H2,23,25)(H,26,27)/t19?,21-/m0/s1. The van der Waals surface area contributed by atoms with Gasteiger partial charge in [0.05, 0.1) is 5.84 Å². The van der Waals surface area contributed by atoms with Crippen LogP contribution in [0.25, 0.3) is 0 Å². The van der Waals surface area contributed by atoms with Crippen molar-refractivity contribution in [1.82, 2.24) is 0 Å². The fourth-order valence-electron chi connectivity index (χ4n) is 2.97. The average molecular weight is 382 g/mol. The zero-order valence-corrected chi connectivity index (χ0v) is 17.7. The summed E-state index contributed by atoms with van der Waals surface area (Å²) in [6.45, 7) is 4.62. The Bertz CT molecular complexity index is 422. The number of nitrogens with two attached hydrogens (primary N) is 2. The molecule has 1 unspecified atom stereocenters. The van der Waals surface area contributed by atoms with Gasteiger partial charge >= 0.3 is 5.97 Å². The van der Waals surface area contributed by atoms with Crippen LogP contribution in [0.1, 0.15) is 97.3 Å². The van der Waals surface area contributed by atoms with Gasteiger partial charge in [0.25, 0.3) is 0 Å². The number of aliphatic imine (C=N–C) groups is 1. The Balaban J connectivity index is 3.55. The summed E-state index contributed by atoms with van der Waals surface area (Å²) in [6.07, 6.45) is 20.3. The lowest BCUT2D eigenvalue weighted by atomic mass is 9.99. The zero-order chi connectivity index (χ0) is 20.3.